The van der Waals surface area contributed by atoms with Gasteiger partial charge in [-0.05, 0) is 24.4 Å². The van der Waals surface area contributed by atoms with Crippen molar-refractivity contribution < 1.29 is 0 Å². The first-order valence-electron chi connectivity index (χ1n) is 3.52. The molecular formula is C4H6N8S. The number of hydrogen-bond acceptors (Lipinski definition) is 6. The van der Waals surface area contributed by atoms with Gasteiger partial charge in [0.05, 0.1) is 0 Å². The Kier molecular flexibility index (Phi) is 1.85. The van der Waals surface area contributed by atoms with Gasteiger partial charge in [0.1, 0.15) is 6.04 Å². The molecule has 2 rings (SSSR count). The van der Waals surface area contributed by atoms with Crippen LogP contribution >= 0.6 is 12.2 Å². The second-order valence-electron chi connectivity index (χ2n) is 2.40. The largest absolute Gasteiger partial charge is 0.253 e. The topological polar surface area (TPSA) is 101 Å². The van der Waals surface area contributed by atoms with E-state index in [4.69, 9.17) is 12.2 Å². The number of nitrogens with zero attached hydrogens (tertiary/aromatic N) is 6. The molecule has 0 saturated heterocycles. The molecule has 8 nitrogen and oxygen atoms in total. The van der Waals surface area contributed by atoms with Crippen molar-refractivity contribution in [2.75, 3.05) is 0 Å². The Labute approximate surface area is 77.3 Å². The van der Waals surface area contributed by atoms with Gasteiger partial charge < -0.3 is 0 Å². The summed E-state index contributed by atoms with van der Waals surface area (Å²) in [7, 11) is 0. The Hall–Kier alpha value is -1.64. The number of nitrogens with one attached hydrogen (secondary N) is 2. The number of rotatable bonds is 2. The van der Waals surface area contributed by atoms with Crippen LogP contribution in [-0.4, -0.2) is 40.8 Å². The molecule has 0 aliphatic rings. The normalized spacial score (nSPS) is 13.0. The third-order valence-corrected chi connectivity index (χ3v) is 1.72. The van der Waals surface area contributed by atoms with E-state index in [0.29, 0.717) is 10.6 Å². The van der Waals surface area contributed by atoms with Crippen LogP contribution in [0, 0.1) is 4.77 Å². The van der Waals surface area contributed by atoms with E-state index >= 15 is 0 Å². The molecule has 1 unspecified atom stereocenters. The number of tetrazole rings is 2. The lowest BCUT2D eigenvalue weighted by atomic mass is 10.3. The Morgan fingerprint density at radius 2 is 2.31 bits per heavy atom. The van der Waals surface area contributed by atoms with Crippen molar-refractivity contribution in [3.63, 3.8) is 0 Å². The molecule has 2 aromatic heterocycles. The lowest BCUT2D eigenvalue weighted by Gasteiger charge is -2.03. The summed E-state index contributed by atoms with van der Waals surface area (Å²) < 4.78 is 0.329. The summed E-state index contributed by atoms with van der Waals surface area (Å²) in [6, 6.07) is -0.164. The smallest absolute Gasteiger partial charge is 0.235 e. The summed E-state index contributed by atoms with van der Waals surface area (Å²) in [5, 5.41) is 23.6. The van der Waals surface area contributed by atoms with Crippen LogP contribution in [0.15, 0.2) is 0 Å². The minimum Gasteiger partial charge on any atom is -0.253 e. The summed E-state index contributed by atoms with van der Waals surface area (Å²) in [5.74, 6) is 0.524. The molecule has 0 amide bonds. The summed E-state index contributed by atoms with van der Waals surface area (Å²) in [5.41, 5.74) is 0. The van der Waals surface area contributed by atoms with E-state index in [0.717, 1.165) is 0 Å². The van der Waals surface area contributed by atoms with E-state index in [1.807, 2.05) is 6.92 Å². The van der Waals surface area contributed by atoms with Crippen LogP contribution < -0.4 is 0 Å². The molecule has 0 saturated carbocycles. The lowest BCUT2D eigenvalue weighted by molar-refractivity contribution is 0.461. The molecule has 0 bridgehead atoms. The Bertz CT molecular complexity index is 425. The fourth-order valence-corrected chi connectivity index (χ4v) is 0.992. The predicted octanol–water partition coefficient (Wildman–Crippen LogP) is -0.542. The summed E-state index contributed by atoms with van der Waals surface area (Å²) in [4.78, 5) is 1.47. The van der Waals surface area contributed by atoms with Gasteiger partial charge in [-0.25, -0.2) is 0 Å². The van der Waals surface area contributed by atoms with Gasteiger partial charge in [-0.15, -0.1) is 10.2 Å². The zero-order valence-electron chi connectivity index (χ0n) is 6.67. The van der Waals surface area contributed by atoms with Crippen molar-refractivity contribution in [3.05, 3.63) is 10.6 Å². The Morgan fingerprint density at radius 3 is 2.85 bits per heavy atom. The summed E-state index contributed by atoms with van der Waals surface area (Å²) >= 11 is 4.77. The molecule has 2 heterocycles. The average molecular weight is 198 g/mol. The average Bonchev–Trinajstić information content (AvgIpc) is 2.72. The third kappa shape index (κ3) is 1.45. The Balaban J connectivity index is 2.33. The van der Waals surface area contributed by atoms with E-state index in [1.54, 1.807) is 0 Å². The first-order valence-corrected chi connectivity index (χ1v) is 3.93. The number of H-pyrrole nitrogens is 2. The van der Waals surface area contributed by atoms with E-state index in [-0.39, 0.29) is 6.04 Å². The summed E-state index contributed by atoms with van der Waals surface area (Å²) in [6.45, 7) is 1.85. The minimum absolute atomic E-state index is 0.164. The van der Waals surface area contributed by atoms with Crippen LogP contribution in [0.5, 0.6) is 0 Å². The molecular weight excluding hydrogens is 192 g/mol. The monoisotopic (exact) mass is 198 g/mol. The number of aromatic amines is 2. The highest BCUT2D eigenvalue weighted by Crippen LogP contribution is 2.06. The minimum atomic E-state index is -0.164. The maximum Gasteiger partial charge on any atom is 0.235 e. The molecule has 9 heteroatoms. The van der Waals surface area contributed by atoms with Gasteiger partial charge >= 0.3 is 0 Å². The number of hydrogen-bond donors (Lipinski definition) is 2. The SMILES string of the molecule is CC(c1nn[nH]n1)n1nnc(=S)[nH]1. The quantitative estimate of drug-likeness (QED) is 0.628. The van der Waals surface area contributed by atoms with E-state index in [1.165, 1.54) is 4.80 Å². The molecule has 68 valence electrons. The van der Waals surface area contributed by atoms with Crippen LogP contribution in [0.25, 0.3) is 0 Å². The van der Waals surface area contributed by atoms with Crippen molar-refractivity contribution in [3.8, 4) is 0 Å². The van der Waals surface area contributed by atoms with Crippen molar-refractivity contribution in [1.82, 2.24) is 40.8 Å². The maximum atomic E-state index is 4.77. The molecule has 1 atom stereocenters. The molecule has 0 radical (unpaired) electrons. The highest BCUT2D eigenvalue weighted by Gasteiger charge is 2.13. The van der Waals surface area contributed by atoms with Gasteiger partial charge in [0.2, 0.25) is 10.6 Å². The molecule has 0 aliphatic carbocycles. The fourth-order valence-electron chi connectivity index (χ4n) is 0.862. The zero-order chi connectivity index (χ0) is 9.26. The van der Waals surface area contributed by atoms with Gasteiger partial charge in [-0.1, -0.05) is 10.3 Å². The molecule has 0 spiro atoms. The number of aromatic nitrogens is 8. The standard InChI is InChI=1S/C4H6N8S/c1-2(3-5-9-10-6-3)12-8-4(13)7-11-12/h2H,1H3,(H,8,13)(H,5,6,9,10). The van der Waals surface area contributed by atoms with E-state index in [9.17, 15) is 0 Å². The molecule has 0 aromatic carbocycles. The molecule has 0 aliphatic heterocycles. The van der Waals surface area contributed by atoms with Gasteiger partial charge in [0.15, 0.2) is 0 Å². The van der Waals surface area contributed by atoms with Crippen LogP contribution in [0.4, 0.5) is 0 Å². The van der Waals surface area contributed by atoms with Gasteiger partial charge in [0, 0.05) is 0 Å². The second kappa shape index (κ2) is 3.01. The molecule has 0 fully saturated rings. The van der Waals surface area contributed by atoms with Crippen molar-refractivity contribution in [2.24, 2.45) is 0 Å². The highest BCUT2D eigenvalue weighted by molar-refractivity contribution is 7.71. The predicted molar refractivity (Wildman–Crippen MR) is 43.2 cm³/mol. The molecule has 2 N–H and O–H groups in total. The van der Waals surface area contributed by atoms with Crippen molar-refractivity contribution in [1.29, 1.82) is 0 Å². The fraction of sp³-hybridized carbons (Fsp3) is 0.500. The van der Waals surface area contributed by atoms with Crippen LogP contribution in [0.3, 0.4) is 0 Å². The maximum absolute atomic E-state index is 4.77. The third-order valence-electron chi connectivity index (χ3n) is 1.54. The van der Waals surface area contributed by atoms with Gasteiger partial charge in [-0.2, -0.15) is 10.0 Å². The summed E-state index contributed by atoms with van der Waals surface area (Å²) in [6.07, 6.45) is 0. The van der Waals surface area contributed by atoms with Crippen molar-refractivity contribution in [2.45, 2.75) is 13.0 Å². The van der Waals surface area contributed by atoms with Crippen molar-refractivity contribution >= 4 is 12.2 Å². The lowest BCUT2D eigenvalue weighted by Crippen LogP contribution is -2.12. The van der Waals surface area contributed by atoms with Crippen LogP contribution in [-0.2, 0) is 0 Å². The van der Waals surface area contributed by atoms with Crippen LogP contribution in [0.1, 0.15) is 18.8 Å². The van der Waals surface area contributed by atoms with Crippen LogP contribution in [0.2, 0.25) is 0 Å². The highest BCUT2D eigenvalue weighted by atomic mass is 32.1. The van der Waals surface area contributed by atoms with E-state index < -0.39 is 0 Å². The first-order chi connectivity index (χ1) is 6.27. The van der Waals surface area contributed by atoms with Gasteiger partial charge in [0.25, 0.3) is 0 Å². The van der Waals surface area contributed by atoms with Gasteiger partial charge in [-0.3, -0.25) is 5.10 Å². The zero-order valence-corrected chi connectivity index (χ0v) is 7.49. The molecule has 13 heavy (non-hydrogen) atoms. The Morgan fingerprint density at radius 1 is 1.46 bits per heavy atom. The second-order valence-corrected chi connectivity index (χ2v) is 2.78. The van der Waals surface area contributed by atoms with E-state index in [2.05, 4.69) is 36.0 Å². The molecule has 2 aromatic rings. The first kappa shape index (κ1) is 7.98.